The molecular formula is C19H22BrN3O4. The molecule has 144 valence electrons. The van der Waals surface area contributed by atoms with Gasteiger partial charge in [0.05, 0.1) is 18.2 Å². The molecule has 0 saturated heterocycles. The van der Waals surface area contributed by atoms with Crippen molar-refractivity contribution in [1.82, 2.24) is 5.32 Å². The molecule has 1 heterocycles. The number of hydrogen-bond donors (Lipinski definition) is 2. The summed E-state index contributed by atoms with van der Waals surface area (Å²) in [4.78, 5) is 4.26. The van der Waals surface area contributed by atoms with Gasteiger partial charge < -0.3 is 29.6 Å². The molecule has 2 N–H and O–H groups in total. The zero-order valence-electron chi connectivity index (χ0n) is 15.5. The summed E-state index contributed by atoms with van der Waals surface area (Å²) in [6, 6.07) is 9.60. The minimum Gasteiger partial charge on any atom is -0.493 e. The maximum Gasteiger partial charge on any atom is 0.231 e. The first-order valence-corrected chi connectivity index (χ1v) is 9.30. The number of hydrogen-bond acceptors (Lipinski definition) is 5. The summed E-state index contributed by atoms with van der Waals surface area (Å²) in [7, 11) is 3.34. The molecule has 3 rings (SSSR count). The third-order valence-corrected chi connectivity index (χ3v) is 4.49. The molecule has 0 spiro atoms. The maximum absolute atomic E-state index is 5.54. The fraction of sp³-hybridized carbons (Fsp3) is 0.316. The van der Waals surface area contributed by atoms with Crippen LogP contribution in [0.3, 0.4) is 0 Å². The minimum atomic E-state index is 0.244. The van der Waals surface area contributed by atoms with E-state index >= 15 is 0 Å². The molecule has 0 atom stereocenters. The van der Waals surface area contributed by atoms with E-state index in [2.05, 4.69) is 31.6 Å². The summed E-state index contributed by atoms with van der Waals surface area (Å²) in [6.45, 7) is 3.33. The molecule has 0 unspecified atom stereocenters. The topological polar surface area (TPSA) is 73.3 Å². The van der Waals surface area contributed by atoms with Crippen molar-refractivity contribution in [2.75, 3.05) is 32.9 Å². The molecule has 8 heteroatoms. The van der Waals surface area contributed by atoms with Crippen molar-refractivity contribution in [1.29, 1.82) is 0 Å². The monoisotopic (exact) mass is 435 g/mol. The summed E-state index contributed by atoms with van der Waals surface area (Å²) in [5, 5.41) is 6.53. The predicted octanol–water partition coefficient (Wildman–Crippen LogP) is 3.77. The van der Waals surface area contributed by atoms with Crippen LogP contribution in [0.2, 0.25) is 0 Å². The molecule has 7 nitrogen and oxygen atoms in total. The largest absolute Gasteiger partial charge is 0.493 e. The number of methoxy groups -OCH3 is 1. The molecule has 1 aliphatic heterocycles. The lowest BCUT2D eigenvalue weighted by molar-refractivity contribution is 0.173. The van der Waals surface area contributed by atoms with E-state index in [0.29, 0.717) is 30.6 Å². The summed E-state index contributed by atoms with van der Waals surface area (Å²) in [5.41, 5.74) is 1.88. The van der Waals surface area contributed by atoms with Gasteiger partial charge in [0.15, 0.2) is 29.0 Å². The summed E-state index contributed by atoms with van der Waals surface area (Å²) >= 11 is 3.51. The van der Waals surface area contributed by atoms with E-state index in [1.165, 1.54) is 0 Å². The lowest BCUT2D eigenvalue weighted by atomic mass is 10.2. The van der Waals surface area contributed by atoms with Crippen molar-refractivity contribution in [3.63, 3.8) is 0 Å². The van der Waals surface area contributed by atoms with Gasteiger partial charge in [0.1, 0.15) is 0 Å². The Morgan fingerprint density at radius 2 is 2.07 bits per heavy atom. The van der Waals surface area contributed by atoms with Crippen molar-refractivity contribution >= 4 is 27.6 Å². The van der Waals surface area contributed by atoms with Crippen molar-refractivity contribution in [3.05, 3.63) is 40.4 Å². The van der Waals surface area contributed by atoms with Crippen molar-refractivity contribution in [3.8, 4) is 23.0 Å². The van der Waals surface area contributed by atoms with Gasteiger partial charge in [-0.15, -0.1) is 0 Å². The molecule has 1 aliphatic rings. The molecule has 0 amide bonds. The maximum atomic E-state index is 5.54. The normalized spacial score (nSPS) is 12.7. The summed E-state index contributed by atoms with van der Waals surface area (Å²) in [6.07, 6.45) is 0. The highest BCUT2D eigenvalue weighted by molar-refractivity contribution is 9.10. The Hall–Kier alpha value is -2.61. The SMILES string of the molecule is CCOc1ccc(NC(=NC)NCc2cc(Br)c3c(c2)OCO3)cc1OC. The van der Waals surface area contributed by atoms with Gasteiger partial charge in [-0.05, 0) is 52.7 Å². The van der Waals surface area contributed by atoms with Gasteiger partial charge in [-0.2, -0.15) is 0 Å². The third kappa shape index (κ3) is 4.57. The molecule has 0 bridgehead atoms. The highest BCUT2D eigenvalue weighted by atomic mass is 79.9. The summed E-state index contributed by atoms with van der Waals surface area (Å²) < 4.78 is 22.7. The van der Waals surface area contributed by atoms with Crippen LogP contribution in [0.1, 0.15) is 12.5 Å². The Labute approximate surface area is 166 Å². The number of rotatable bonds is 6. The Bertz CT molecular complexity index is 842. The van der Waals surface area contributed by atoms with Gasteiger partial charge in [-0.1, -0.05) is 0 Å². The average molecular weight is 436 g/mol. The minimum absolute atomic E-state index is 0.244. The van der Waals surface area contributed by atoms with Crippen LogP contribution in [0, 0.1) is 0 Å². The van der Waals surface area contributed by atoms with Crippen LogP contribution in [0.4, 0.5) is 5.69 Å². The number of nitrogens with zero attached hydrogens (tertiary/aromatic N) is 1. The highest BCUT2D eigenvalue weighted by Gasteiger charge is 2.18. The van der Waals surface area contributed by atoms with Crippen LogP contribution in [0.5, 0.6) is 23.0 Å². The second-order valence-corrected chi connectivity index (χ2v) is 6.52. The highest BCUT2D eigenvalue weighted by Crippen LogP contribution is 2.40. The zero-order valence-corrected chi connectivity index (χ0v) is 17.1. The molecular weight excluding hydrogens is 414 g/mol. The standard InChI is InChI=1S/C19H22BrN3O4/c1-4-25-15-6-5-13(9-16(15)24-3)23-19(21-2)22-10-12-7-14(20)18-17(8-12)26-11-27-18/h5-9H,4,10-11H2,1-3H3,(H2,21,22,23). The quantitative estimate of drug-likeness (QED) is 0.531. The lowest BCUT2D eigenvalue weighted by Gasteiger charge is -2.15. The number of ether oxygens (including phenoxy) is 4. The Kier molecular flexibility index (Phi) is 6.28. The van der Waals surface area contributed by atoms with Gasteiger partial charge >= 0.3 is 0 Å². The van der Waals surface area contributed by atoms with Gasteiger partial charge in [-0.3, -0.25) is 4.99 Å². The number of benzene rings is 2. The number of nitrogens with one attached hydrogen (secondary N) is 2. The second-order valence-electron chi connectivity index (χ2n) is 5.66. The molecule has 2 aromatic rings. The second kappa shape index (κ2) is 8.85. The van der Waals surface area contributed by atoms with Gasteiger partial charge in [0, 0.05) is 25.3 Å². The zero-order chi connectivity index (χ0) is 19.2. The predicted molar refractivity (Wildman–Crippen MR) is 108 cm³/mol. The van der Waals surface area contributed by atoms with E-state index in [1.807, 2.05) is 37.3 Å². The van der Waals surface area contributed by atoms with E-state index in [4.69, 9.17) is 18.9 Å². The van der Waals surface area contributed by atoms with Gasteiger partial charge in [0.25, 0.3) is 0 Å². The average Bonchev–Trinajstić information content (AvgIpc) is 3.15. The van der Waals surface area contributed by atoms with Crippen LogP contribution in [-0.2, 0) is 6.54 Å². The smallest absolute Gasteiger partial charge is 0.231 e. The van der Waals surface area contributed by atoms with E-state index < -0.39 is 0 Å². The van der Waals surface area contributed by atoms with Crippen molar-refractivity contribution in [2.24, 2.45) is 4.99 Å². The van der Waals surface area contributed by atoms with Crippen molar-refractivity contribution < 1.29 is 18.9 Å². The molecule has 0 radical (unpaired) electrons. The molecule has 27 heavy (non-hydrogen) atoms. The van der Waals surface area contributed by atoms with E-state index in [9.17, 15) is 0 Å². The van der Waals surface area contributed by atoms with Crippen LogP contribution < -0.4 is 29.6 Å². The van der Waals surface area contributed by atoms with Crippen LogP contribution in [-0.4, -0.2) is 33.5 Å². The number of guanidine groups is 1. The fourth-order valence-electron chi connectivity index (χ4n) is 2.64. The third-order valence-electron chi connectivity index (χ3n) is 3.90. The number of aliphatic imine (C=N–C) groups is 1. The van der Waals surface area contributed by atoms with E-state index in [-0.39, 0.29) is 6.79 Å². The first-order valence-electron chi connectivity index (χ1n) is 8.51. The molecule has 2 aromatic carbocycles. The molecule has 0 aromatic heterocycles. The Morgan fingerprint density at radius 1 is 1.22 bits per heavy atom. The number of anilines is 1. The molecule has 0 saturated carbocycles. The fourth-order valence-corrected chi connectivity index (χ4v) is 3.25. The molecule has 0 fully saturated rings. The van der Waals surface area contributed by atoms with E-state index in [1.54, 1.807) is 14.2 Å². The number of fused-ring (bicyclic) bond motifs is 1. The van der Waals surface area contributed by atoms with Gasteiger partial charge in [0.2, 0.25) is 6.79 Å². The van der Waals surface area contributed by atoms with Crippen LogP contribution in [0.15, 0.2) is 39.8 Å². The summed E-state index contributed by atoms with van der Waals surface area (Å²) in [5.74, 6) is 3.48. The first kappa shape index (κ1) is 19.2. The Balaban J connectivity index is 1.66. The van der Waals surface area contributed by atoms with Gasteiger partial charge in [-0.25, -0.2) is 0 Å². The van der Waals surface area contributed by atoms with Crippen molar-refractivity contribution in [2.45, 2.75) is 13.5 Å². The van der Waals surface area contributed by atoms with E-state index in [0.717, 1.165) is 27.2 Å². The lowest BCUT2D eigenvalue weighted by Crippen LogP contribution is -2.30. The molecule has 0 aliphatic carbocycles. The Morgan fingerprint density at radius 3 is 2.81 bits per heavy atom. The first-order chi connectivity index (χ1) is 13.1. The number of halogens is 1. The van der Waals surface area contributed by atoms with Crippen LogP contribution in [0.25, 0.3) is 0 Å². The van der Waals surface area contributed by atoms with Crippen LogP contribution >= 0.6 is 15.9 Å².